The molecule has 0 radical (unpaired) electrons. The first-order chi connectivity index (χ1) is 7.32. The fourth-order valence-electron chi connectivity index (χ4n) is 1.92. The standard InChI is InChI=1S/C13H16Cl2O/c1-9(16)7-13(2,3)8-10-11(14)5-4-6-12(10)15/h4-6H,7-8H2,1-3H3. The first-order valence-corrected chi connectivity index (χ1v) is 6.00. The van der Waals surface area contributed by atoms with Crippen molar-refractivity contribution >= 4 is 29.0 Å². The quantitative estimate of drug-likeness (QED) is 0.775. The van der Waals surface area contributed by atoms with E-state index < -0.39 is 0 Å². The van der Waals surface area contributed by atoms with Gasteiger partial charge in [-0.1, -0.05) is 43.1 Å². The molecule has 0 aliphatic rings. The Bertz CT molecular complexity index is 377. The lowest BCUT2D eigenvalue weighted by Gasteiger charge is -2.24. The van der Waals surface area contributed by atoms with Crippen LogP contribution in [0.2, 0.25) is 10.0 Å². The number of rotatable bonds is 4. The summed E-state index contributed by atoms with van der Waals surface area (Å²) in [6, 6.07) is 5.48. The number of hydrogen-bond donors (Lipinski definition) is 0. The van der Waals surface area contributed by atoms with E-state index in [9.17, 15) is 4.79 Å². The molecule has 0 heterocycles. The van der Waals surface area contributed by atoms with Gasteiger partial charge in [-0.15, -0.1) is 0 Å². The second-order valence-corrected chi connectivity index (χ2v) is 5.73. The van der Waals surface area contributed by atoms with Crippen LogP contribution in [0.5, 0.6) is 0 Å². The Labute approximate surface area is 107 Å². The zero-order chi connectivity index (χ0) is 12.3. The molecule has 1 aromatic rings. The van der Waals surface area contributed by atoms with E-state index in [4.69, 9.17) is 23.2 Å². The number of halogens is 2. The Morgan fingerprint density at radius 3 is 2.19 bits per heavy atom. The smallest absolute Gasteiger partial charge is 0.130 e. The Morgan fingerprint density at radius 1 is 1.25 bits per heavy atom. The predicted molar refractivity (Wildman–Crippen MR) is 69.2 cm³/mol. The van der Waals surface area contributed by atoms with E-state index in [-0.39, 0.29) is 11.2 Å². The number of ketones is 1. The number of Topliss-reactive ketones (excluding diaryl/α,β-unsaturated/α-hetero) is 1. The minimum Gasteiger partial charge on any atom is -0.300 e. The summed E-state index contributed by atoms with van der Waals surface area (Å²) >= 11 is 12.2. The lowest BCUT2D eigenvalue weighted by Crippen LogP contribution is -2.19. The number of carbonyl (C=O) groups excluding carboxylic acids is 1. The van der Waals surface area contributed by atoms with Crippen molar-refractivity contribution in [3.8, 4) is 0 Å². The van der Waals surface area contributed by atoms with Crippen molar-refractivity contribution in [2.24, 2.45) is 5.41 Å². The normalized spacial score (nSPS) is 11.6. The van der Waals surface area contributed by atoms with Crippen LogP contribution in [-0.2, 0) is 11.2 Å². The minimum atomic E-state index is -0.111. The van der Waals surface area contributed by atoms with Crippen LogP contribution in [0.4, 0.5) is 0 Å². The molecule has 0 unspecified atom stereocenters. The van der Waals surface area contributed by atoms with Crippen molar-refractivity contribution in [2.75, 3.05) is 0 Å². The Kier molecular flexibility index (Phi) is 4.40. The van der Waals surface area contributed by atoms with Gasteiger partial charge < -0.3 is 4.79 Å². The molecule has 0 fully saturated rings. The molecule has 0 amide bonds. The molecule has 0 aliphatic carbocycles. The van der Waals surface area contributed by atoms with Crippen molar-refractivity contribution in [1.29, 1.82) is 0 Å². The lowest BCUT2D eigenvalue weighted by atomic mass is 9.81. The highest BCUT2D eigenvalue weighted by Crippen LogP contribution is 2.33. The zero-order valence-electron chi connectivity index (χ0n) is 9.81. The number of carbonyl (C=O) groups is 1. The van der Waals surface area contributed by atoms with Crippen LogP contribution in [0.25, 0.3) is 0 Å². The number of hydrogen-bond acceptors (Lipinski definition) is 1. The molecular weight excluding hydrogens is 243 g/mol. The van der Waals surface area contributed by atoms with E-state index in [0.717, 1.165) is 5.56 Å². The van der Waals surface area contributed by atoms with E-state index in [2.05, 4.69) is 0 Å². The van der Waals surface area contributed by atoms with Crippen molar-refractivity contribution in [2.45, 2.75) is 33.6 Å². The molecule has 0 N–H and O–H groups in total. The fourth-order valence-corrected chi connectivity index (χ4v) is 2.45. The summed E-state index contributed by atoms with van der Waals surface area (Å²) < 4.78 is 0. The monoisotopic (exact) mass is 258 g/mol. The summed E-state index contributed by atoms with van der Waals surface area (Å²) in [5.74, 6) is 0.188. The molecule has 0 atom stereocenters. The Hall–Kier alpha value is -0.530. The molecular formula is C13H16Cl2O. The van der Waals surface area contributed by atoms with Crippen LogP contribution in [0.15, 0.2) is 18.2 Å². The summed E-state index contributed by atoms with van der Waals surface area (Å²) in [4.78, 5) is 11.2. The predicted octanol–water partition coefficient (Wildman–Crippen LogP) is 4.54. The van der Waals surface area contributed by atoms with Gasteiger partial charge in [0.2, 0.25) is 0 Å². The summed E-state index contributed by atoms with van der Waals surface area (Å²) in [6.07, 6.45) is 1.25. The van der Waals surface area contributed by atoms with Crippen LogP contribution < -0.4 is 0 Å². The van der Waals surface area contributed by atoms with Crippen LogP contribution >= 0.6 is 23.2 Å². The van der Waals surface area contributed by atoms with E-state index >= 15 is 0 Å². The van der Waals surface area contributed by atoms with Gasteiger partial charge in [0.1, 0.15) is 5.78 Å². The Balaban J connectivity index is 2.91. The van der Waals surface area contributed by atoms with Gasteiger partial charge in [-0.2, -0.15) is 0 Å². The molecule has 1 nitrogen and oxygen atoms in total. The van der Waals surface area contributed by atoms with E-state index in [1.165, 1.54) is 0 Å². The van der Waals surface area contributed by atoms with Crippen LogP contribution in [0.3, 0.4) is 0 Å². The third-order valence-corrected chi connectivity index (χ3v) is 3.15. The van der Waals surface area contributed by atoms with Crippen LogP contribution in [0, 0.1) is 5.41 Å². The van der Waals surface area contributed by atoms with Crippen molar-refractivity contribution in [3.63, 3.8) is 0 Å². The molecule has 1 rings (SSSR count). The molecule has 3 heteroatoms. The third kappa shape index (κ3) is 3.80. The zero-order valence-corrected chi connectivity index (χ0v) is 11.3. The molecule has 0 aromatic heterocycles. The highest BCUT2D eigenvalue weighted by Gasteiger charge is 2.23. The van der Waals surface area contributed by atoms with Gasteiger partial charge in [0.15, 0.2) is 0 Å². The molecule has 0 saturated heterocycles. The molecule has 0 aliphatic heterocycles. The molecule has 16 heavy (non-hydrogen) atoms. The van der Waals surface area contributed by atoms with Gasteiger partial charge in [-0.3, -0.25) is 0 Å². The fraction of sp³-hybridized carbons (Fsp3) is 0.462. The summed E-state index contributed by atoms with van der Waals surface area (Å²) in [5, 5.41) is 1.34. The second kappa shape index (κ2) is 5.20. The van der Waals surface area contributed by atoms with Gasteiger partial charge in [0.05, 0.1) is 0 Å². The van der Waals surface area contributed by atoms with Gasteiger partial charge in [0, 0.05) is 16.5 Å². The largest absolute Gasteiger partial charge is 0.300 e. The van der Waals surface area contributed by atoms with Crippen LogP contribution in [-0.4, -0.2) is 5.78 Å². The molecule has 0 saturated carbocycles. The SMILES string of the molecule is CC(=O)CC(C)(C)Cc1c(Cl)cccc1Cl. The van der Waals surface area contributed by atoms with E-state index in [0.29, 0.717) is 22.9 Å². The van der Waals surface area contributed by atoms with Gasteiger partial charge in [-0.05, 0) is 36.5 Å². The molecule has 0 bridgehead atoms. The van der Waals surface area contributed by atoms with Gasteiger partial charge in [0.25, 0.3) is 0 Å². The topological polar surface area (TPSA) is 17.1 Å². The van der Waals surface area contributed by atoms with E-state index in [1.54, 1.807) is 6.92 Å². The van der Waals surface area contributed by atoms with Crippen molar-refractivity contribution in [3.05, 3.63) is 33.8 Å². The average Bonchev–Trinajstić information content (AvgIpc) is 2.09. The summed E-state index contributed by atoms with van der Waals surface area (Å²) in [7, 11) is 0. The summed E-state index contributed by atoms with van der Waals surface area (Å²) in [5.41, 5.74) is 0.817. The lowest BCUT2D eigenvalue weighted by molar-refractivity contribution is -0.118. The maximum absolute atomic E-state index is 11.2. The minimum absolute atomic E-state index is 0.111. The first kappa shape index (κ1) is 13.5. The highest BCUT2D eigenvalue weighted by atomic mass is 35.5. The third-order valence-electron chi connectivity index (χ3n) is 2.44. The van der Waals surface area contributed by atoms with Gasteiger partial charge in [-0.25, -0.2) is 0 Å². The van der Waals surface area contributed by atoms with Gasteiger partial charge >= 0.3 is 0 Å². The molecule has 1 aromatic carbocycles. The maximum atomic E-state index is 11.2. The summed E-state index contributed by atoms with van der Waals surface area (Å²) in [6.45, 7) is 5.71. The Morgan fingerprint density at radius 2 is 1.75 bits per heavy atom. The second-order valence-electron chi connectivity index (χ2n) is 4.92. The number of benzene rings is 1. The van der Waals surface area contributed by atoms with Crippen molar-refractivity contribution < 1.29 is 4.79 Å². The van der Waals surface area contributed by atoms with Crippen molar-refractivity contribution in [1.82, 2.24) is 0 Å². The average molecular weight is 259 g/mol. The highest BCUT2D eigenvalue weighted by molar-refractivity contribution is 6.36. The molecule has 0 spiro atoms. The van der Waals surface area contributed by atoms with E-state index in [1.807, 2.05) is 32.0 Å². The first-order valence-electron chi connectivity index (χ1n) is 5.24. The maximum Gasteiger partial charge on any atom is 0.130 e. The van der Waals surface area contributed by atoms with Crippen LogP contribution in [0.1, 0.15) is 32.8 Å². The molecule has 88 valence electrons.